The fourth-order valence-corrected chi connectivity index (χ4v) is 4.80. The molecule has 0 saturated heterocycles. The zero-order valence-electron chi connectivity index (χ0n) is 13.9. The van der Waals surface area contributed by atoms with Gasteiger partial charge in [0.2, 0.25) is 0 Å². The van der Waals surface area contributed by atoms with Gasteiger partial charge in [0, 0.05) is 11.9 Å². The molecule has 1 amide bonds. The van der Waals surface area contributed by atoms with E-state index in [0.29, 0.717) is 16.4 Å². The average Bonchev–Trinajstić information content (AvgIpc) is 2.94. The number of nitrogens with zero attached hydrogens (tertiary/aromatic N) is 1. The van der Waals surface area contributed by atoms with E-state index in [4.69, 9.17) is 16.3 Å². The van der Waals surface area contributed by atoms with Crippen molar-refractivity contribution in [3.8, 4) is 5.75 Å². The topological polar surface area (TPSA) is 51.2 Å². The molecule has 0 atom stereocenters. The van der Waals surface area contributed by atoms with E-state index in [0.717, 1.165) is 37.3 Å². The van der Waals surface area contributed by atoms with E-state index >= 15 is 0 Å². The third kappa shape index (κ3) is 3.52. The molecule has 2 aromatic heterocycles. The van der Waals surface area contributed by atoms with Crippen LogP contribution < -0.4 is 10.1 Å². The minimum Gasteiger partial charge on any atom is -0.497 e. The normalized spacial score (nSPS) is 10.9. The van der Waals surface area contributed by atoms with Gasteiger partial charge in [0.05, 0.1) is 22.3 Å². The second kappa shape index (κ2) is 7.32. The minimum absolute atomic E-state index is 0.140. The number of benzene rings is 1. The summed E-state index contributed by atoms with van der Waals surface area (Å²) in [6.45, 7) is 4.25. The minimum atomic E-state index is -0.140. The van der Waals surface area contributed by atoms with Crippen LogP contribution in [0.25, 0.3) is 10.2 Å². The van der Waals surface area contributed by atoms with Crippen LogP contribution in [0.2, 0.25) is 5.02 Å². The molecular formula is C18H16BrClN2O2S. The fraction of sp³-hybridized carbons (Fsp3) is 0.222. The second-order valence-corrected chi connectivity index (χ2v) is 7.76. The summed E-state index contributed by atoms with van der Waals surface area (Å²) in [5, 5.41) is 4.48. The predicted octanol–water partition coefficient (Wildman–Crippen LogP) is 5.27. The maximum Gasteiger partial charge on any atom is 0.262 e. The third-order valence-electron chi connectivity index (χ3n) is 3.94. The van der Waals surface area contributed by atoms with Crippen molar-refractivity contribution in [2.75, 3.05) is 7.11 Å². The lowest BCUT2D eigenvalue weighted by Crippen LogP contribution is -2.22. The maximum absolute atomic E-state index is 12.6. The highest BCUT2D eigenvalue weighted by Crippen LogP contribution is 2.39. The van der Waals surface area contributed by atoms with E-state index in [2.05, 4.69) is 26.2 Å². The quantitative estimate of drug-likeness (QED) is 0.602. The number of aryl methyl sites for hydroxylation is 2. The van der Waals surface area contributed by atoms with Crippen LogP contribution in [-0.4, -0.2) is 18.0 Å². The molecule has 130 valence electrons. The highest BCUT2D eigenvalue weighted by Gasteiger charge is 2.20. The number of ether oxygens (including phenoxy) is 1. The Hall–Kier alpha value is -1.63. The highest BCUT2D eigenvalue weighted by atomic mass is 79.9. The van der Waals surface area contributed by atoms with Gasteiger partial charge in [-0.25, -0.2) is 4.98 Å². The molecular weight excluding hydrogens is 424 g/mol. The summed E-state index contributed by atoms with van der Waals surface area (Å²) in [5.41, 5.74) is 2.70. The Morgan fingerprint density at radius 2 is 2.00 bits per heavy atom. The number of methoxy groups -OCH3 is 1. The van der Waals surface area contributed by atoms with Crippen molar-refractivity contribution in [3.05, 3.63) is 55.5 Å². The smallest absolute Gasteiger partial charge is 0.262 e. The molecule has 2 heterocycles. The zero-order valence-corrected chi connectivity index (χ0v) is 17.1. The number of pyridine rings is 1. The van der Waals surface area contributed by atoms with E-state index in [-0.39, 0.29) is 5.91 Å². The van der Waals surface area contributed by atoms with Gasteiger partial charge in [0.25, 0.3) is 5.91 Å². The monoisotopic (exact) mass is 438 g/mol. The lowest BCUT2D eigenvalue weighted by Gasteiger charge is -2.06. The van der Waals surface area contributed by atoms with Gasteiger partial charge in [0.15, 0.2) is 0 Å². The molecule has 25 heavy (non-hydrogen) atoms. The van der Waals surface area contributed by atoms with Crippen LogP contribution in [0.3, 0.4) is 0 Å². The van der Waals surface area contributed by atoms with Crippen molar-refractivity contribution in [3.63, 3.8) is 0 Å². The van der Waals surface area contributed by atoms with E-state index in [1.807, 2.05) is 38.1 Å². The Bertz CT molecular complexity index is 954. The van der Waals surface area contributed by atoms with Crippen LogP contribution in [0.15, 0.2) is 28.7 Å². The Kier molecular flexibility index (Phi) is 5.32. The number of nitrogens with one attached hydrogen (secondary N) is 1. The van der Waals surface area contributed by atoms with Crippen LogP contribution in [-0.2, 0) is 6.54 Å². The number of hydrogen-bond acceptors (Lipinski definition) is 4. The van der Waals surface area contributed by atoms with Crippen molar-refractivity contribution in [2.45, 2.75) is 20.4 Å². The maximum atomic E-state index is 12.6. The molecule has 1 aromatic carbocycles. The second-order valence-electron chi connectivity index (χ2n) is 5.59. The number of thiophene rings is 1. The van der Waals surface area contributed by atoms with Gasteiger partial charge in [-0.3, -0.25) is 4.79 Å². The molecule has 0 radical (unpaired) electrons. The van der Waals surface area contributed by atoms with Gasteiger partial charge in [-0.2, -0.15) is 0 Å². The standard InChI is InChI=1S/C18H16BrClN2O2S/c1-9-13-14(19)16(25-18(13)22-10(2)15(9)20)17(23)21-8-11-4-6-12(24-3)7-5-11/h4-7H,8H2,1-3H3,(H,21,23). The highest BCUT2D eigenvalue weighted by molar-refractivity contribution is 9.10. The fourth-order valence-electron chi connectivity index (χ4n) is 2.54. The lowest BCUT2D eigenvalue weighted by molar-refractivity contribution is 0.0954. The number of hydrogen-bond donors (Lipinski definition) is 1. The van der Waals surface area contributed by atoms with Gasteiger partial charge in [-0.1, -0.05) is 23.7 Å². The summed E-state index contributed by atoms with van der Waals surface area (Å²) in [4.78, 5) is 18.5. The Balaban J connectivity index is 1.84. The molecule has 0 aliphatic carbocycles. The van der Waals surface area contributed by atoms with Crippen molar-refractivity contribution in [1.29, 1.82) is 0 Å². The predicted molar refractivity (Wildman–Crippen MR) is 106 cm³/mol. The summed E-state index contributed by atoms with van der Waals surface area (Å²) in [6, 6.07) is 7.59. The van der Waals surface area contributed by atoms with Crippen molar-refractivity contribution < 1.29 is 9.53 Å². The summed E-state index contributed by atoms with van der Waals surface area (Å²) in [6.07, 6.45) is 0. The first-order valence-corrected chi connectivity index (χ1v) is 9.57. The molecule has 3 rings (SSSR count). The number of aromatic nitrogens is 1. The van der Waals surface area contributed by atoms with Crippen LogP contribution in [0.4, 0.5) is 0 Å². The Morgan fingerprint density at radius 1 is 1.32 bits per heavy atom. The number of amides is 1. The van der Waals surface area contributed by atoms with E-state index in [9.17, 15) is 4.79 Å². The van der Waals surface area contributed by atoms with E-state index in [1.165, 1.54) is 11.3 Å². The number of carbonyl (C=O) groups excluding carboxylic acids is 1. The van der Waals surface area contributed by atoms with E-state index < -0.39 is 0 Å². The van der Waals surface area contributed by atoms with Gasteiger partial charge >= 0.3 is 0 Å². The van der Waals surface area contributed by atoms with Gasteiger partial charge < -0.3 is 10.1 Å². The molecule has 0 aliphatic rings. The SMILES string of the molecule is COc1ccc(CNC(=O)c2sc3nc(C)c(Cl)c(C)c3c2Br)cc1. The molecule has 0 spiro atoms. The number of halogens is 2. The summed E-state index contributed by atoms with van der Waals surface area (Å²) >= 11 is 11.2. The number of carbonyl (C=O) groups is 1. The first-order chi connectivity index (χ1) is 11.9. The van der Waals surface area contributed by atoms with Crippen molar-refractivity contribution >= 4 is 55.0 Å². The Morgan fingerprint density at radius 3 is 2.64 bits per heavy atom. The molecule has 3 aromatic rings. The van der Waals surface area contributed by atoms with Crippen molar-refractivity contribution in [1.82, 2.24) is 10.3 Å². The Labute approximate surface area is 163 Å². The molecule has 1 N–H and O–H groups in total. The lowest BCUT2D eigenvalue weighted by atomic mass is 10.1. The summed E-state index contributed by atoms with van der Waals surface area (Å²) < 4.78 is 5.88. The average molecular weight is 440 g/mol. The number of fused-ring (bicyclic) bond motifs is 1. The zero-order chi connectivity index (χ0) is 18.1. The summed E-state index contributed by atoms with van der Waals surface area (Å²) in [5.74, 6) is 0.648. The molecule has 0 fully saturated rings. The van der Waals surface area contributed by atoms with Crippen LogP contribution in [0.1, 0.15) is 26.5 Å². The van der Waals surface area contributed by atoms with Gasteiger partial charge in [-0.15, -0.1) is 11.3 Å². The van der Waals surface area contributed by atoms with Crippen LogP contribution in [0.5, 0.6) is 5.75 Å². The molecule has 0 aliphatic heterocycles. The largest absolute Gasteiger partial charge is 0.497 e. The number of rotatable bonds is 4. The molecule has 0 unspecified atom stereocenters. The van der Waals surface area contributed by atoms with Gasteiger partial charge in [0.1, 0.15) is 15.5 Å². The molecule has 4 nitrogen and oxygen atoms in total. The van der Waals surface area contributed by atoms with Crippen LogP contribution >= 0.6 is 38.9 Å². The molecule has 7 heteroatoms. The van der Waals surface area contributed by atoms with E-state index in [1.54, 1.807) is 7.11 Å². The van der Waals surface area contributed by atoms with Crippen LogP contribution in [0, 0.1) is 13.8 Å². The molecule has 0 bridgehead atoms. The first-order valence-electron chi connectivity index (χ1n) is 7.58. The van der Waals surface area contributed by atoms with Crippen molar-refractivity contribution in [2.24, 2.45) is 0 Å². The third-order valence-corrected chi connectivity index (χ3v) is 6.64. The molecule has 0 saturated carbocycles. The van der Waals surface area contributed by atoms with Gasteiger partial charge in [-0.05, 0) is 53.0 Å². The summed E-state index contributed by atoms with van der Waals surface area (Å²) in [7, 11) is 1.62. The first kappa shape index (κ1) is 18.2.